The normalized spacial score (nSPS) is 16.7. The number of hydrogen-bond donors (Lipinski definition) is 1. The number of aromatic nitrogens is 1. The van der Waals surface area contributed by atoms with E-state index in [1.165, 1.54) is 16.2 Å². The molecule has 0 unspecified atom stereocenters. The van der Waals surface area contributed by atoms with Crippen LogP contribution < -0.4 is 14.4 Å². The van der Waals surface area contributed by atoms with Gasteiger partial charge in [0.25, 0.3) is 5.78 Å². The number of fused-ring (bicyclic) bond motifs is 1. The molecule has 1 saturated heterocycles. The van der Waals surface area contributed by atoms with Crippen LogP contribution in [-0.4, -0.2) is 35.5 Å². The lowest BCUT2D eigenvalue weighted by Gasteiger charge is -2.23. The highest BCUT2D eigenvalue weighted by Gasteiger charge is 2.48. The van der Waals surface area contributed by atoms with Crippen molar-refractivity contribution in [2.24, 2.45) is 0 Å². The lowest BCUT2D eigenvalue weighted by atomic mass is 9.94. The van der Waals surface area contributed by atoms with Crippen molar-refractivity contribution in [1.29, 1.82) is 0 Å². The minimum absolute atomic E-state index is 0.00404. The third kappa shape index (κ3) is 4.76. The number of methoxy groups -OCH3 is 1. The zero-order chi connectivity index (χ0) is 27.8. The fourth-order valence-electron chi connectivity index (χ4n) is 4.98. The van der Waals surface area contributed by atoms with Crippen molar-refractivity contribution in [2.45, 2.75) is 40.2 Å². The number of aliphatic hydroxyl groups is 1. The zero-order valence-electron chi connectivity index (χ0n) is 22.6. The molecule has 0 aliphatic carbocycles. The molecule has 0 spiro atoms. The molecule has 4 aromatic rings. The summed E-state index contributed by atoms with van der Waals surface area (Å²) in [4.78, 5) is 33.4. The van der Waals surface area contributed by atoms with Gasteiger partial charge in [-0.05, 0) is 85.8 Å². The molecule has 5 rings (SSSR count). The van der Waals surface area contributed by atoms with Crippen molar-refractivity contribution >= 4 is 44.1 Å². The molecule has 0 bridgehead atoms. The summed E-state index contributed by atoms with van der Waals surface area (Å²) in [6, 6.07) is 15.6. The molecule has 3 aromatic carbocycles. The van der Waals surface area contributed by atoms with Crippen LogP contribution in [-0.2, 0) is 9.59 Å². The molecule has 1 N–H and O–H groups in total. The van der Waals surface area contributed by atoms with Gasteiger partial charge in [-0.25, -0.2) is 4.98 Å². The molecule has 1 atom stereocenters. The number of ether oxygens (including phenoxy) is 2. The Morgan fingerprint density at radius 3 is 2.56 bits per heavy atom. The predicted octanol–water partition coefficient (Wildman–Crippen LogP) is 6.65. The van der Waals surface area contributed by atoms with E-state index in [9.17, 15) is 14.7 Å². The van der Waals surface area contributed by atoms with Gasteiger partial charge in [0.15, 0.2) is 5.13 Å². The summed E-state index contributed by atoms with van der Waals surface area (Å²) in [7, 11) is 1.57. The maximum atomic E-state index is 13.6. The first-order valence-corrected chi connectivity index (χ1v) is 13.6. The Kier molecular flexibility index (Phi) is 7.14. The lowest BCUT2D eigenvalue weighted by Crippen LogP contribution is -2.29. The SMILES string of the molecule is CCCOc1cccc([C@@H]2/C(=C(\O)c3ccc(OC)c(C)c3)C(=O)C(=O)N2c2nc3c(C)cc(C)cc3s2)c1. The Morgan fingerprint density at radius 2 is 1.85 bits per heavy atom. The average molecular weight is 543 g/mol. The molecule has 1 aliphatic heterocycles. The molecular formula is C31H30N2O5S. The molecule has 39 heavy (non-hydrogen) atoms. The van der Waals surface area contributed by atoms with Crippen molar-refractivity contribution < 1.29 is 24.2 Å². The summed E-state index contributed by atoms with van der Waals surface area (Å²) >= 11 is 1.35. The second kappa shape index (κ2) is 10.5. The molecule has 2 heterocycles. The largest absolute Gasteiger partial charge is 0.507 e. The molecule has 7 nitrogen and oxygen atoms in total. The molecule has 0 radical (unpaired) electrons. The van der Waals surface area contributed by atoms with Crippen LogP contribution in [0, 0.1) is 20.8 Å². The second-order valence-electron chi connectivity index (χ2n) is 9.70. The fourth-order valence-corrected chi connectivity index (χ4v) is 6.15. The van der Waals surface area contributed by atoms with E-state index in [2.05, 4.69) is 0 Å². The van der Waals surface area contributed by atoms with Gasteiger partial charge in [0.1, 0.15) is 17.3 Å². The van der Waals surface area contributed by atoms with E-state index in [0.717, 1.165) is 33.3 Å². The first kappa shape index (κ1) is 26.4. The third-order valence-electron chi connectivity index (χ3n) is 6.78. The summed E-state index contributed by atoms with van der Waals surface area (Å²) < 4.78 is 12.1. The van der Waals surface area contributed by atoms with Crippen LogP contribution in [0.2, 0.25) is 0 Å². The monoisotopic (exact) mass is 542 g/mol. The number of carbonyl (C=O) groups is 2. The summed E-state index contributed by atoms with van der Waals surface area (Å²) in [5, 5.41) is 11.9. The standard InChI is InChI=1S/C31H30N2O5S/c1-6-12-38-22-9-7-8-20(16-22)27-25(28(34)21-10-11-23(37-5)18(3)15-21)29(35)30(36)33(27)31-32-26-19(4)13-17(2)14-24(26)39-31/h7-11,13-16,27,34H,6,12H2,1-5H3/b28-25+/t27-/m1/s1. The minimum Gasteiger partial charge on any atom is -0.507 e. The number of Topliss-reactive ketones (excluding diaryl/α,β-unsaturated/α-hetero) is 1. The number of anilines is 1. The number of aliphatic hydroxyl groups excluding tert-OH is 1. The van der Waals surface area contributed by atoms with Gasteiger partial charge in [0.05, 0.1) is 35.5 Å². The fraction of sp³-hybridized carbons (Fsp3) is 0.258. The van der Waals surface area contributed by atoms with E-state index in [-0.39, 0.29) is 11.3 Å². The van der Waals surface area contributed by atoms with Crippen LogP contribution in [0.25, 0.3) is 16.0 Å². The molecule has 0 saturated carbocycles. The lowest BCUT2D eigenvalue weighted by molar-refractivity contribution is -0.132. The Balaban J connectivity index is 1.72. The van der Waals surface area contributed by atoms with E-state index in [1.807, 2.05) is 64.1 Å². The van der Waals surface area contributed by atoms with Crippen molar-refractivity contribution in [3.05, 3.63) is 88.0 Å². The minimum atomic E-state index is -0.889. The Hall–Kier alpha value is -4.17. The number of aryl methyl sites for hydroxylation is 3. The summed E-state index contributed by atoms with van der Waals surface area (Å²) in [5.41, 5.74) is 4.72. The second-order valence-corrected chi connectivity index (χ2v) is 10.7. The van der Waals surface area contributed by atoms with E-state index in [0.29, 0.717) is 34.4 Å². The van der Waals surface area contributed by atoms with Gasteiger partial charge in [0, 0.05) is 5.56 Å². The molecule has 1 amide bonds. The number of amides is 1. The third-order valence-corrected chi connectivity index (χ3v) is 7.79. The van der Waals surface area contributed by atoms with Crippen LogP contribution in [0.1, 0.15) is 47.2 Å². The smallest absolute Gasteiger partial charge is 0.301 e. The maximum Gasteiger partial charge on any atom is 0.301 e. The summed E-state index contributed by atoms with van der Waals surface area (Å²) in [6.07, 6.45) is 0.837. The van der Waals surface area contributed by atoms with E-state index in [4.69, 9.17) is 14.5 Å². The van der Waals surface area contributed by atoms with Crippen LogP contribution in [0.3, 0.4) is 0 Å². The highest BCUT2D eigenvalue weighted by atomic mass is 32.1. The van der Waals surface area contributed by atoms with Gasteiger partial charge in [-0.2, -0.15) is 0 Å². The van der Waals surface area contributed by atoms with Gasteiger partial charge >= 0.3 is 5.91 Å². The van der Waals surface area contributed by atoms with E-state index >= 15 is 0 Å². The molecule has 200 valence electrons. The van der Waals surface area contributed by atoms with Crippen LogP contribution in [0.15, 0.2) is 60.2 Å². The van der Waals surface area contributed by atoms with Crippen LogP contribution in [0.4, 0.5) is 5.13 Å². The summed E-state index contributed by atoms with van der Waals surface area (Å²) in [6.45, 7) is 8.39. The summed E-state index contributed by atoms with van der Waals surface area (Å²) in [5.74, 6) is -0.474. The van der Waals surface area contributed by atoms with Crippen molar-refractivity contribution in [1.82, 2.24) is 4.98 Å². The van der Waals surface area contributed by atoms with Gasteiger partial charge < -0.3 is 14.6 Å². The van der Waals surface area contributed by atoms with Gasteiger partial charge in [-0.1, -0.05) is 36.5 Å². The van der Waals surface area contributed by atoms with Gasteiger partial charge in [-0.15, -0.1) is 0 Å². The highest BCUT2D eigenvalue weighted by Crippen LogP contribution is 2.45. The highest BCUT2D eigenvalue weighted by molar-refractivity contribution is 7.22. The Morgan fingerprint density at radius 1 is 1.05 bits per heavy atom. The van der Waals surface area contributed by atoms with Crippen molar-refractivity contribution in [3.8, 4) is 11.5 Å². The number of hydrogen-bond acceptors (Lipinski definition) is 7. The average Bonchev–Trinajstić information content (AvgIpc) is 3.45. The van der Waals surface area contributed by atoms with Crippen molar-refractivity contribution in [3.63, 3.8) is 0 Å². The number of thiazole rings is 1. The molecule has 1 fully saturated rings. The Labute approximate surface area is 231 Å². The van der Waals surface area contributed by atoms with Crippen LogP contribution >= 0.6 is 11.3 Å². The Bertz CT molecular complexity index is 1640. The number of nitrogens with zero attached hydrogens (tertiary/aromatic N) is 2. The van der Waals surface area contributed by atoms with Gasteiger partial charge in [0.2, 0.25) is 0 Å². The predicted molar refractivity (Wildman–Crippen MR) is 154 cm³/mol. The first-order chi connectivity index (χ1) is 18.7. The molecular weight excluding hydrogens is 512 g/mol. The quantitative estimate of drug-likeness (QED) is 0.160. The molecule has 1 aromatic heterocycles. The molecule has 8 heteroatoms. The molecule has 1 aliphatic rings. The number of rotatable bonds is 7. The number of ketones is 1. The van der Waals surface area contributed by atoms with E-state index < -0.39 is 17.7 Å². The number of carbonyl (C=O) groups excluding carboxylic acids is 2. The van der Waals surface area contributed by atoms with Crippen LogP contribution in [0.5, 0.6) is 11.5 Å². The van der Waals surface area contributed by atoms with Crippen molar-refractivity contribution in [2.75, 3.05) is 18.6 Å². The first-order valence-electron chi connectivity index (χ1n) is 12.8. The topological polar surface area (TPSA) is 89.0 Å². The maximum absolute atomic E-state index is 13.6. The van der Waals surface area contributed by atoms with E-state index in [1.54, 1.807) is 25.3 Å². The van der Waals surface area contributed by atoms with Gasteiger partial charge in [-0.3, -0.25) is 14.5 Å². The zero-order valence-corrected chi connectivity index (χ0v) is 23.4. The number of benzene rings is 3.